The first-order chi connectivity index (χ1) is 9.11. The van der Waals surface area contributed by atoms with E-state index in [1.807, 2.05) is 30.3 Å². The van der Waals surface area contributed by atoms with Gasteiger partial charge in [-0.05, 0) is 24.5 Å². The fourth-order valence-electron chi connectivity index (χ4n) is 1.83. The van der Waals surface area contributed by atoms with Crippen LogP contribution in [0.2, 0.25) is 0 Å². The number of carbonyl (C=O) groups excluding carboxylic acids is 1. The molecule has 4 heteroatoms. The number of hydrogen-bond donors (Lipinski definition) is 2. The van der Waals surface area contributed by atoms with E-state index in [1.54, 1.807) is 0 Å². The summed E-state index contributed by atoms with van der Waals surface area (Å²) in [6, 6.07) is 9.24. The molecule has 0 fully saturated rings. The van der Waals surface area contributed by atoms with Gasteiger partial charge in [-0.3, -0.25) is 4.79 Å². The molecule has 4 nitrogen and oxygen atoms in total. The largest absolute Gasteiger partial charge is 0.493 e. The standard InChI is InChI=1S/C15H23NO3/c1-12(2)10-13(11-17)16-15(18)8-9-19-14-6-4-3-5-7-14/h3-7,12-13,17H,8-11H2,1-2H3,(H,16,18). The summed E-state index contributed by atoms with van der Waals surface area (Å²) in [5.74, 6) is 1.12. The maximum absolute atomic E-state index is 11.7. The van der Waals surface area contributed by atoms with Crippen molar-refractivity contribution in [3.8, 4) is 5.75 Å². The molecule has 106 valence electrons. The Morgan fingerprint density at radius 3 is 2.58 bits per heavy atom. The van der Waals surface area contributed by atoms with Crippen molar-refractivity contribution in [1.29, 1.82) is 0 Å². The number of amides is 1. The molecule has 19 heavy (non-hydrogen) atoms. The van der Waals surface area contributed by atoms with Crippen LogP contribution in [0.5, 0.6) is 5.75 Å². The number of aliphatic hydroxyl groups excluding tert-OH is 1. The zero-order chi connectivity index (χ0) is 14.1. The lowest BCUT2D eigenvalue weighted by Crippen LogP contribution is -2.38. The Morgan fingerprint density at radius 2 is 2.00 bits per heavy atom. The van der Waals surface area contributed by atoms with E-state index in [1.165, 1.54) is 0 Å². The van der Waals surface area contributed by atoms with Crippen molar-refractivity contribution in [2.75, 3.05) is 13.2 Å². The van der Waals surface area contributed by atoms with E-state index in [2.05, 4.69) is 19.2 Å². The van der Waals surface area contributed by atoms with E-state index in [0.717, 1.165) is 12.2 Å². The SMILES string of the molecule is CC(C)CC(CO)NC(=O)CCOc1ccccc1. The van der Waals surface area contributed by atoms with Gasteiger partial charge < -0.3 is 15.2 Å². The van der Waals surface area contributed by atoms with E-state index < -0.39 is 0 Å². The van der Waals surface area contributed by atoms with Crippen LogP contribution in [0.25, 0.3) is 0 Å². The predicted octanol–water partition coefficient (Wildman–Crippen LogP) is 1.98. The summed E-state index contributed by atoms with van der Waals surface area (Å²) in [4.78, 5) is 11.7. The summed E-state index contributed by atoms with van der Waals surface area (Å²) in [6.45, 7) is 4.44. The van der Waals surface area contributed by atoms with Gasteiger partial charge in [0.05, 0.1) is 25.7 Å². The van der Waals surface area contributed by atoms with Gasteiger partial charge in [0.1, 0.15) is 5.75 Å². The summed E-state index contributed by atoms with van der Waals surface area (Å²) in [5.41, 5.74) is 0. The molecular weight excluding hydrogens is 242 g/mol. The lowest BCUT2D eigenvalue weighted by Gasteiger charge is -2.18. The fraction of sp³-hybridized carbons (Fsp3) is 0.533. The minimum absolute atomic E-state index is 0.0243. The Labute approximate surface area is 114 Å². The van der Waals surface area contributed by atoms with Crippen molar-refractivity contribution in [2.24, 2.45) is 5.92 Å². The molecule has 1 atom stereocenters. The zero-order valence-electron chi connectivity index (χ0n) is 11.6. The fourth-order valence-corrected chi connectivity index (χ4v) is 1.83. The van der Waals surface area contributed by atoms with E-state index in [0.29, 0.717) is 18.9 Å². The topological polar surface area (TPSA) is 58.6 Å². The Morgan fingerprint density at radius 1 is 1.32 bits per heavy atom. The van der Waals surface area contributed by atoms with Crippen molar-refractivity contribution in [3.63, 3.8) is 0 Å². The summed E-state index contributed by atoms with van der Waals surface area (Å²) < 4.78 is 5.45. The number of aliphatic hydroxyl groups is 1. The summed E-state index contributed by atoms with van der Waals surface area (Å²) in [7, 11) is 0. The van der Waals surface area contributed by atoms with Crippen LogP contribution in [0.15, 0.2) is 30.3 Å². The number of carbonyl (C=O) groups is 1. The van der Waals surface area contributed by atoms with Gasteiger partial charge in [-0.25, -0.2) is 0 Å². The van der Waals surface area contributed by atoms with Crippen LogP contribution >= 0.6 is 0 Å². The van der Waals surface area contributed by atoms with Crippen LogP contribution in [0, 0.1) is 5.92 Å². The van der Waals surface area contributed by atoms with Crippen molar-refractivity contribution in [3.05, 3.63) is 30.3 Å². The zero-order valence-corrected chi connectivity index (χ0v) is 11.6. The molecule has 1 aromatic rings. The lowest BCUT2D eigenvalue weighted by molar-refractivity contribution is -0.122. The van der Waals surface area contributed by atoms with Crippen molar-refractivity contribution in [1.82, 2.24) is 5.32 Å². The second kappa shape index (κ2) is 8.53. The average molecular weight is 265 g/mol. The quantitative estimate of drug-likeness (QED) is 0.755. The maximum Gasteiger partial charge on any atom is 0.223 e. The van der Waals surface area contributed by atoms with Crippen LogP contribution in [0.3, 0.4) is 0 Å². The van der Waals surface area contributed by atoms with Crippen LogP contribution < -0.4 is 10.1 Å². The third kappa shape index (κ3) is 6.82. The molecule has 0 saturated carbocycles. The molecule has 0 aliphatic carbocycles. The number of benzene rings is 1. The minimum atomic E-state index is -0.163. The summed E-state index contributed by atoms with van der Waals surface area (Å²) >= 11 is 0. The van der Waals surface area contributed by atoms with Crippen LogP contribution in [-0.2, 0) is 4.79 Å². The minimum Gasteiger partial charge on any atom is -0.493 e. The number of hydrogen-bond acceptors (Lipinski definition) is 3. The Kier molecular flexibility index (Phi) is 6.97. The predicted molar refractivity (Wildman–Crippen MR) is 75.0 cm³/mol. The van der Waals surface area contributed by atoms with Gasteiger partial charge in [0, 0.05) is 0 Å². The number of nitrogens with one attached hydrogen (secondary N) is 1. The lowest BCUT2D eigenvalue weighted by atomic mass is 10.0. The average Bonchev–Trinajstić information content (AvgIpc) is 2.38. The summed E-state index contributed by atoms with van der Waals surface area (Å²) in [5, 5.41) is 12.0. The Bertz CT molecular complexity index is 365. The van der Waals surface area contributed by atoms with Crippen molar-refractivity contribution >= 4 is 5.91 Å². The van der Waals surface area contributed by atoms with Gasteiger partial charge in [0.25, 0.3) is 0 Å². The first-order valence-electron chi connectivity index (χ1n) is 6.70. The molecule has 1 amide bonds. The second-order valence-corrected chi connectivity index (χ2v) is 4.99. The monoisotopic (exact) mass is 265 g/mol. The van der Waals surface area contributed by atoms with Gasteiger partial charge in [0.2, 0.25) is 5.91 Å². The van der Waals surface area contributed by atoms with E-state index in [9.17, 15) is 9.90 Å². The molecule has 0 saturated heterocycles. The highest BCUT2D eigenvalue weighted by Gasteiger charge is 2.12. The molecule has 1 aromatic carbocycles. The van der Waals surface area contributed by atoms with Gasteiger partial charge in [-0.1, -0.05) is 32.0 Å². The van der Waals surface area contributed by atoms with Gasteiger partial charge in [0.15, 0.2) is 0 Å². The third-order valence-electron chi connectivity index (χ3n) is 2.68. The first kappa shape index (κ1) is 15.5. The van der Waals surface area contributed by atoms with E-state index in [-0.39, 0.29) is 18.6 Å². The molecule has 1 unspecified atom stereocenters. The number of rotatable bonds is 8. The highest BCUT2D eigenvalue weighted by Crippen LogP contribution is 2.08. The Hall–Kier alpha value is -1.55. The highest BCUT2D eigenvalue weighted by atomic mass is 16.5. The van der Waals surface area contributed by atoms with E-state index >= 15 is 0 Å². The van der Waals surface area contributed by atoms with Crippen molar-refractivity contribution in [2.45, 2.75) is 32.7 Å². The van der Waals surface area contributed by atoms with Crippen LogP contribution in [0.4, 0.5) is 0 Å². The molecule has 2 N–H and O–H groups in total. The normalized spacial score (nSPS) is 12.2. The van der Waals surface area contributed by atoms with Crippen LogP contribution in [-0.4, -0.2) is 30.3 Å². The molecule has 0 radical (unpaired) electrons. The smallest absolute Gasteiger partial charge is 0.223 e. The molecule has 0 bridgehead atoms. The molecular formula is C15H23NO3. The maximum atomic E-state index is 11.7. The molecule has 0 heterocycles. The van der Waals surface area contributed by atoms with Gasteiger partial charge in [-0.15, -0.1) is 0 Å². The van der Waals surface area contributed by atoms with Crippen LogP contribution in [0.1, 0.15) is 26.7 Å². The first-order valence-corrected chi connectivity index (χ1v) is 6.70. The molecule has 0 aliphatic heterocycles. The molecule has 1 rings (SSSR count). The number of ether oxygens (including phenoxy) is 1. The summed E-state index contributed by atoms with van der Waals surface area (Å²) in [6.07, 6.45) is 1.07. The highest BCUT2D eigenvalue weighted by molar-refractivity contribution is 5.76. The second-order valence-electron chi connectivity index (χ2n) is 4.99. The van der Waals surface area contributed by atoms with Gasteiger partial charge in [-0.2, -0.15) is 0 Å². The van der Waals surface area contributed by atoms with Crippen molar-refractivity contribution < 1.29 is 14.6 Å². The number of para-hydroxylation sites is 1. The molecule has 0 spiro atoms. The van der Waals surface area contributed by atoms with Gasteiger partial charge >= 0.3 is 0 Å². The molecule has 0 aromatic heterocycles. The Balaban J connectivity index is 2.23. The molecule has 0 aliphatic rings. The van der Waals surface area contributed by atoms with E-state index in [4.69, 9.17) is 4.74 Å². The third-order valence-corrected chi connectivity index (χ3v) is 2.68.